The lowest BCUT2D eigenvalue weighted by Crippen LogP contribution is -2.46. The van der Waals surface area contributed by atoms with Crippen LogP contribution < -0.4 is 5.32 Å². The molecule has 2 amide bonds. The Balaban J connectivity index is 1.68. The van der Waals surface area contributed by atoms with Crippen molar-refractivity contribution < 1.29 is 9.59 Å². The van der Waals surface area contributed by atoms with Gasteiger partial charge in [-0.3, -0.25) is 9.59 Å². The zero-order chi connectivity index (χ0) is 18.0. The highest BCUT2D eigenvalue weighted by Gasteiger charge is 2.33. The van der Waals surface area contributed by atoms with Crippen molar-refractivity contribution in [3.05, 3.63) is 55.1 Å². The number of halogens is 2. The number of nitrogens with one attached hydrogen (secondary N) is 1. The molecule has 0 spiro atoms. The number of hydrogen-bond donors (Lipinski definition) is 1. The molecule has 0 bridgehead atoms. The normalized spacial score (nSPS) is 18.2. The molecule has 1 saturated heterocycles. The first kappa shape index (κ1) is 18.6. The number of carbonyl (C=O) groups is 2. The second kappa shape index (κ2) is 8.01. The minimum absolute atomic E-state index is 0.0330. The van der Waals surface area contributed by atoms with Crippen molar-refractivity contribution in [3.8, 4) is 0 Å². The van der Waals surface area contributed by atoms with Gasteiger partial charge < -0.3 is 10.2 Å². The van der Waals surface area contributed by atoms with Gasteiger partial charge in [0, 0.05) is 11.0 Å². The van der Waals surface area contributed by atoms with Crippen LogP contribution >= 0.6 is 43.2 Å². The van der Waals surface area contributed by atoms with Gasteiger partial charge in [-0.05, 0) is 65.5 Å². The Morgan fingerprint density at radius 2 is 1.92 bits per heavy atom. The molecule has 1 aliphatic heterocycles. The van der Waals surface area contributed by atoms with Gasteiger partial charge in [-0.15, -0.1) is 11.3 Å². The molecule has 25 heavy (non-hydrogen) atoms. The first-order chi connectivity index (χ1) is 12.0. The van der Waals surface area contributed by atoms with Crippen molar-refractivity contribution in [1.82, 2.24) is 10.2 Å². The number of rotatable bonds is 4. The van der Waals surface area contributed by atoms with E-state index in [4.69, 9.17) is 0 Å². The number of carbonyl (C=O) groups excluding carboxylic acids is 2. The van der Waals surface area contributed by atoms with E-state index < -0.39 is 6.04 Å². The fourth-order valence-corrected chi connectivity index (χ4v) is 4.63. The van der Waals surface area contributed by atoms with Crippen molar-refractivity contribution in [1.29, 1.82) is 0 Å². The Labute approximate surface area is 167 Å². The van der Waals surface area contributed by atoms with Crippen molar-refractivity contribution in [3.63, 3.8) is 0 Å². The zero-order valence-corrected chi connectivity index (χ0v) is 17.7. The smallest absolute Gasteiger partial charge is 0.262 e. The Bertz CT molecular complexity index is 776. The van der Waals surface area contributed by atoms with Gasteiger partial charge in [-0.25, -0.2) is 0 Å². The predicted molar refractivity (Wildman–Crippen MR) is 107 cm³/mol. The summed E-state index contributed by atoms with van der Waals surface area (Å²) >= 11 is 8.15. The van der Waals surface area contributed by atoms with Gasteiger partial charge in [-0.1, -0.05) is 28.1 Å². The molecule has 1 aromatic heterocycles. The molecule has 1 N–H and O–H groups in total. The van der Waals surface area contributed by atoms with E-state index in [-0.39, 0.29) is 17.9 Å². The maximum Gasteiger partial charge on any atom is 0.262 e. The van der Waals surface area contributed by atoms with Crippen LogP contribution in [0.4, 0.5) is 0 Å². The van der Waals surface area contributed by atoms with Gasteiger partial charge in [0.15, 0.2) is 0 Å². The molecule has 2 aromatic rings. The van der Waals surface area contributed by atoms with Crippen LogP contribution in [0.3, 0.4) is 0 Å². The third kappa shape index (κ3) is 4.33. The Kier molecular flexibility index (Phi) is 5.96. The topological polar surface area (TPSA) is 49.4 Å². The molecule has 1 aromatic carbocycles. The highest BCUT2D eigenvalue weighted by Crippen LogP contribution is 2.33. The summed E-state index contributed by atoms with van der Waals surface area (Å²) in [6, 6.07) is 11.2. The van der Waals surface area contributed by atoms with Crippen LogP contribution in [0.5, 0.6) is 0 Å². The summed E-state index contributed by atoms with van der Waals surface area (Å²) < 4.78 is 1.92. The molecule has 1 aliphatic rings. The fourth-order valence-electron chi connectivity index (χ4n) is 3.08. The predicted octanol–water partition coefficient (Wildman–Crippen LogP) is 4.76. The highest BCUT2D eigenvalue weighted by atomic mass is 79.9. The summed E-state index contributed by atoms with van der Waals surface area (Å²) in [5, 5.41) is 2.82. The molecular formula is C18H18Br2N2O2S. The van der Waals surface area contributed by atoms with Crippen LogP contribution in [0, 0.1) is 0 Å². The average Bonchev–Trinajstić information content (AvgIpc) is 3.23. The minimum Gasteiger partial charge on any atom is -0.340 e. The summed E-state index contributed by atoms with van der Waals surface area (Å²) in [5.41, 5.74) is 1.13. The summed E-state index contributed by atoms with van der Waals surface area (Å²) in [7, 11) is 0. The molecular weight excluding hydrogens is 468 g/mol. The molecule has 132 valence electrons. The molecule has 4 nitrogen and oxygen atoms in total. The van der Waals surface area contributed by atoms with Crippen molar-refractivity contribution in [2.45, 2.75) is 31.8 Å². The van der Waals surface area contributed by atoms with Crippen LogP contribution in [0.1, 0.15) is 41.0 Å². The lowest BCUT2D eigenvalue weighted by atomic mass is 10.0. The van der Waals surface area contributed by atoms with Crippen LogP contribution in [0.2, 0.25) is 0 Å². The van der Waals surface area contributed by atoms with Gasteiger partial charge in [0.2, 0.25) is 5.91 Å². The molecule has 1 fully saturated rings. The van der Waals surface area contributed by atoms with E-state index in [2.05, 4.69) is 37.2 Å². The quantitative estimate of drug-likeness (QED) is 0.678. The fraction of sp³-hybridized carbons (Fsp3) is 0.333. The van der Waals surface area contributed by atoms with Crippen molar-refractivity contribution in [2.75, 3.05) is 6.54 Å². The highest BCUT2D eigenvalue weighted by molar-refractivity contribution is 9.11. The zero-order valence-electron chi connectivity index (χ0n) is 13.7. The largest absolute Gasteiger partial charge is 0.340 e. The average molecular weight is 486 g/mol. The van der Waals surface area contributed by atoms with Crippen LogP contribution in [0.15, 0.2) is 44.7 Å². The molecule has 2 atom stereocenters. The third-order valence-electron chi connectivity index (χ3n) is 4.31. The Morgan fingerprint density at radius 1 is 1.20 bits per heavy atom. The number of hydrogen-bond acceptors (Lipinski definition) is 3. The summed E-state index contributed by atoms with van der Waals surface area (Å²) in [5.74, 6) is -0.245. The van der Waals surface area contributed by atoms with E-state index >= 15 is 0 Å². The number of likely N-dealkylation sites (tertiary alicyclic amines) is 1. The SMILES string of the molecule is CC(NC(=O)c1ccc(Br)s1)C(=O)N1CCCC1c1ccc(Br)cc1. The van der Waals surface area contributed by atoms with Gasteiger partial charge in [-0.2, -0.15) is 0 Å². The van der Waals surface area contributed by atoms with Crippen molar-refractivity contribution >= 4 is 55.0 Å². The van der Waals surface area contributed by atoms with Crippen LogP contribution in [0.25, 0.3) is 0 Å². The van der Waals surface area contributed by atoms with Crippen LogP contribution in [-0.2, 0) is 4.79 Å². The molecule has 0 saturated carbocycles. The maximum absolute atomic E-state index is 12.9. The third-order valence-corrected chi connectivity index (χ3v) is 6.46. The first-order valence-corrected chi connectivity index (χ1v) is 10.5. The number of thiophene rings is 1. The summed E-state index contributed by atoms with van der Waals surface area (Å²) in [6.45, 7) is 2.48. The number of benzene rings is 1. The first-order valence-electron chi connectivity index (χ1n) is 8.08. The second-order valence-electron chi connectivity index (χ2n) is 6.04. The number of amides is 2. The standard InChI is InChI=1S/C18H18Br2N2O2S/c1-11(21-17(23)15-8-9-16(20)25-15)18(24)22-10-2-3-14(22)12-4-6-13(19)7-5-12/h4-9,11,14H,2-3,10H2,1H3,(H,21,23). The van der Waals surface area contributed by atoms with Gasteiger partial charge >= 0.3 is 0 Å². The number of nitrogens with zero attached hydrogens (tertiary/aromatic N) is 1. The lowest BCUT2D eigenvalue weighted by molar-refractivity contribution is -0.133. The van der Waals surface area contributed by atoms with E-state index in [0.717, 1.165) is 33.2 Å². The van der Waals surface area contributed by atoms with Gasteiger partial charge in [0.1, 0.15) is 6.04 Å². The monoisotopic (exact) mass is 484 g/mol. The molecule has 0 aliphatic carbocycles. The summed E-state index contributed by atoms with van der Waals surface area (Å²) in [4.78, 5) is 27.6. The van der Waals surface area contributed by atoms with E-state index in [1.807, 2.05) is 35.2 Å². The molecule has 2 unspecified atom stereocenters. The van der Waals surface area contributed by atoms with E-state index in [0.29, 0.717) is 4.88 Å². The van der Waals surface area contributed by atoms with Crippen LogP contribution in [-0.4, -0.2) is 29.3 Å². The van der Waals surface area contributed by atoms with Gasteiger partial charge in [0.25, 0.3) is 5.91 Å². The molecule has 3 rings (SSSR count). The lowest BCUT2D eigenvalue weighted by Gasteiger charge is -2.28. The minimum atomic E-state index is -0.551. The second-order valence-corrected chi connectivity index (χ2v) is 9.42. The molecule has 0 radical (unpaired) electrons. The maximum atomic E-state index is 12.9. The van der Waals surface area contributed by atoms with E-state index in [1.54, 1.807) is 13.0 Å². The molecule has 2 heterocycles. The van der Waals surface area contributed by atoms with Crippen molar-refractivity contribution in [2.24, 2.45) is 0 Å². The Hall–Kier alpha value is -1.18. The summed E-state index contributed by atoms with van der Waals surface area (Å²) in [6.07, 6.45) is 1.93. The molecule has 7 heteroatoms. The Morgan fingerprint density at radius 3 is 2.56 bits per heavy atom. The van der Waals surface area contributed by atoms with Gasteiger partial charge in [0.05, 0.1) is 14.7 Å². The van der Waals surface area contributed by atoms with E-state index in [9.17, 15) is 9.59 Å². The van der Waals surface area contributed by atoms with E-state index in [1.165, 1.54) is 11.3 Å².